The van der Waals surface area contributed by atoms with E-state index in [1.165, 1.54) is 6.92 Å². The quantitative estimate of drug-likeness (QED) is 0.907. The first kappa shape index (κ1) is 13.9. The average molecular weight is 282 g/mol. The van der Waals surface area contributed by atoms with Crippen LogP contribution in [0.4, 0.5) is 24.7 Å². The third-order valence-electron chi connectivity index (χ3n) is 2.62. The Balaban J connectivity index is 2.43. The van der Waals surface area contributed by atoms with E-state index in [2.05, 4.69) is 10.3 Å². The highest BCUT2D eigenvalue weighted by Gasteiger charge is 2.16. The Morgan fingerprint density at radius 3 is 2.60 bits per heavy atom. The first-order valence-electron chi connectivity index (χ1n) is 5.50. The Morgan fingerprint density at radius 1 is 1.25 bits per heavy atom. The molecule has 0 aliphatic carbocycles. The molecule has 20 heavy (non-hydrogen) atoms. The molecule has 2 N–H and O–H groups in total. The van der Waals surface area contributed by atoms with E-state index >= 15 is 0 Å². The van der Waals surface area contributed by atoms with Gasteiger partial charge in [-0.25, -0.2) is 22.9 Å². The lowest BCUT2D eigenvalue weighted by atomic mass is 10.2. The number of nitrogens with one attached hydrogen (secondary N) is 1. The summed E-state index contributed by atoms with van der Waals surface area (Å²) in [5.74, 6) is -4.61. The minimum atomic E-state index is -1.48. The maximum absolute atomic E-state index is 13.8. The molecule has 0 aliphatic heterocycles. The van der Waals surface area contributed by atoms with Crippen LogP contribution in [0.3, 0.4) is 0 Å². The van der Waals surface area contributed by atoms with Crippen molar-refractivity contribution in [3.63, 3.8) is 0 Å². The van der Waals surface area contributed by atoms with Crippen molar-refractivity contribution in [2.45, 2.75) is 6.92 Å². The Bertz CT molecular complexity index is 690. The Hall–Kier alpha value is -2.57. The van der Waals surface area contributed by atoms with Gasteiger partial charge in [-0.3, -0.25) is 0 Å². The molecule has 0 bridgehead atoms. The van der Waals surface area contributed by atoms with Gasteiger partial charge in [0.05, 0.1) is 5.69 Å². The number of hydrogen-bond donors (Lipinski definition) is 2. The second-order valence-electron chi connectivity index (χ2n) is 4.03. The molecular weight excluding hydrogens is 273 g/mol. The lowest BCUT2D eigenvalue weighted by molar-refractivity contribution is 0.0692. The summed E-state index contributed by atoms with van der Waals surface area (Å²) >= 11 is 0. The summed E-state index contributed by atoms with van der Waals surface area (Å²) in [4.78, 5) is 14.3. The van der Waals surface area contributed by atoms with Gasteiger partial charge in [0.1, 0.15) is 17.2 Å². The SMILES string of the molecule is Cc1cc(F)c(Nc2nccc(C(=O)O)c2F)cc1F. The molecule has 4 nitrogen and oxygen atoms in total. The lowest BCUT2D eigenvalue weighted by Gasteiger charge is -2.10. The van der Waals surface area contributed by atoms with Gasteiger partial charge in [-0.05, 0) is 24.6 Å². The van der Waals surface area contributed by atoms with Gasteiger partial charge < -0.3 is 10.4 Å². The molecule has 0 amide bonds. The van der Waals surface area contributed by atoms with E-state index in [9.17, 15) is 18.0 Å². The van der Waals surface area contributed by atoms with Crippen molar-refractivity contribution in [2.24, 2.45) is 0 Å². The molecule has 0 spiro atoms. The molecular formula is C13H9F3N2O2. The van der Waals surface area contributed by atoms with E-state index in [-0.39, 0.29) is 11.3 Å². The number of carboxylic acids is 1. The van der Waals surface area contributed by atoms with Gasteiger partial charge in [0.25, 0.3) is 0 Å². The number of aryl methyl sites for hydroxylation is 1. The fraction of sp³-hybridized carbons (Fsp3) is 0.0769. The standard InChI is InChI=1S/C13H9F3N2O2/c1-6-4-9(15)10(5-8(6)14)18-12-11(16)7(13(19)20)2-3-17-12/h2-5H,1H3,(H,17,18)(H,19,20). The van der Waals surface area contributed by atoms with Crippen molar-refractivity contribution in [3.05, 3.63) is 53.0 Å². The number of hydrogen-bond acceptors (Lipinski definition) is 3. The molecule has 2 rings (SSSR count). The summed E-state index contributed by atoms with van der Waals surface area (Å²) in [6.07, 6.45) is 1.05. The van der Waals surface area contributed by atoms with Crippen molar-refractivity contribution < 1.29 is 23.1 Å². The predicted molar refractivity (Wildman–Crippen MR) is 65.5 cm³/mol. The third-order valence-corrected chi connectivity index (χ3v) is 2.62. The number of pyridine rings is 1. The van der Waals surface area contributed by atoms with Crippen molar-refractivity contribution >= 4 is 17.5 Å². The zero-order valence-corrected chi connectivity index (χ0v) is 10.2. The zero-order chi connectivity index (χ0) is 14.9. The van der Waals surface area contributed by atoms with Gasteiger partial charge >= 0.3 is 5.97 Å². The fourth-order valence-corrected chi connectivity index (χ4v) is 1.57. The molecule has 104 valence electrons. The lowest BCUT2D eigenvalue weighted by Crippen LogP contribution is -2.06. The van der Waals surface area contributed by atoms with Crippen LogP contribution in [0.1, 0.15) is 15.9 Å². The predicted octanol–water partition coefficient (Wildman–Crippen LogP) is 3.25. The first-order chi connectivity index (χ1) is 9.40. The molecule has 0 aliphatic rings. The molecule has 2 aromatic rings. The van der Waals surface area contributed by atoms with Crippen LogP contribution in [-0.2, 0) is 0 Å². The Kier molecular flexibility index (Phi) is 3.60. The largest absolute Gasteiger partial charge is 0.478 e. The normalized spacial score (nSPS) is 10.4. The van der Waals surface area contributed by atoms with Crippen LogP contribution in [0, 0.1) is 24.4 Å². The van der Waals surface area contributed by atoms with Gasteiger partial charge in [0.15, 0.2) is 11.6 Å². The minimum Gasteiger partial charge on any atom is -0.478 e. The molecule has 0 fully saturated rings. The van der Waals surface area contributed by atoms with Crippen LogP contribution in [0.25, 0.3) is 0 Å². The number of nitrogens with zero attached hydrogens (tertiary/aromatic N) is 1. The van der Waals surface area contributed by atoms with Gasteiger partial charge in [-0.2, -0.15) is 0 Å². The van der Waals surface area contributed by atoms with Crippen molar-refractivity contribution in [1.82, 2.24) is 4.98 Å². The summed E-state index contributed by atoms with van der Waals surface area (Å²) in [7, 11) is 0. The van der Waals surface area contributed by atoms with Gasteiger partial charge in [0, 0.05) is 12.3 Å². The number of aromatic nitrogens is 1. The summed E-state index contributed by atoms with van der Waals surface area (Å²) in [5.41, 5.74) is -0.849. The first-order valence-corrected chi connectivity index (χ1v) is 5.50. The van der Waals surface area contributed by atoms with Crippen LogP contribution < -0.4 is 5.32 Å². The van der Waals surface area contributed by atoms with Crippen molar-refractivity contribution in [2.75, 3.05) is 5.32 Å². The van der Waals surface area contributed by atoms with Crippen molar-refractivity contribution in [1.29, 1.82) is 0 Å². The second-order valence-corrected chi connectivity index (χ2v) is 4.03. The number of halogens is 3. The monoisotopic (exact) mass is 282 g/mol. The number of rotatable bonds is 3. The van der Waals surface area contributed by atoms with E-state index in [1.807, 2.05) is 0 Å². The molecule has 0 saturated carbocycles. The van der Waals surface area contributed by atoms with Crippen molar-refractivity contribution in [3.8, 4) is 0 Å². The zero-order valence-electron chi connectivity index (χ0n) is 10.2. The van der Waals surface area contributed by atoms with Gasteiger partial charge in [-0.15, -0.1) is 0 Å². The van der Waals surface area contributed by atoms with Crippen LogP contribution in [-0.4, -0.2) is 16.1 Å². The van der Waals surface area contributed by atoms with E-state index in [0.717, 1.165) is 24.4 Å². The third kappa shape index (κ3) is 2.56. The number of carbonyl (C=O) groups is 1. The number of benzene rings is 1. The molecule has 0 unspecified atom stereocenters. The molecule has 0 atom stereocenters. The number of anilines is 2. The smallest absolute Gasteiger partial charge is 0.338 e. The minimum absolute atomic E-state index is 0.0979. The van der Waals surface area contributed by atoms with E-state index in [0.29, 0.717) is 0 Å². The topological polar surface area (TPSA) is 62.2 Å². The Morgan fingerprint density at radius 2 is 1.95 bits per heavy atom. The van der Waals surface area contributed by atoms with Crippen LogP contribution in [0.5, 0.6) is 0 Å². The van der Waals surface area contributed by atoms with Gasteiger partial charge in [0.2, 0.25) is 0 Å². The maximum atomic E-state index is 13.8. The molecule has 1 aromatic carbocycles. The molecule has 0 saturated heterocycles. The summed E-state index contributed by atoms with van der Waals surface area (Å²) in [6.45, 7) is 1.38. The summed E-state index contributed by atoms with van der Waals surface area (Å²) in [6, 6.07) is 2.75. The molecule has 1 heterocycles. The highest BCUT2D eigenvalue weighted by atomic mass is 19.1. The molecule has 7 heteroatoms. The Labute approximate surface area is 111 Å². The maximum Gasteiger partial charge on any atom is 0.338 e. The van der Waals surface area contributed by atoms with Crippen LogP contribution >= 0.6 is 0 Å². The average Bonchev–Trinajstić information content (AvgIpc) is 2.37. The number of aromatic carboxylic acids is 1. The summed E-state index contributed by atoms with van der Waals surface area (Å²) in [5, 5.41) is 11.0. The van der Waals surface area contributed by atoms with Crippen LogP contribution in [0.2, 0.25) is 0 Å². The second kappa shape index (κ2) is 5.20. The highest BCUT2D eigenvalue weighted by molar-refractivity contribution is 5.89. The number of carboxylic acid groups (broad SMARTS) is 1. The van der Waals surface area contributed by atoms with E-state index in [4.69, 9.17) is 5.11 Å². The van der Waals surface area contributed by atoms with Gasteiger partial charge in [-0.1, -0.05) is 0 Å². The summed E-state index contributed by atoms with van der Waals surface area (Å²) < 4.78 is 40.8. The van der Waals surface area contributed by atoms with E-state index < -0.39 is 34.8 Å². The highest BCUT2D eigenvalue weighted by Crippen LogP contribution is 2.24. The fourth-order valence-electron chi connectivity index (χ4n) is 1.57. The van der Waals surface area contributed by atoms with E-state index in [1.54, 1.807) is 0 Å². The molecule has 0 radical (unpaired) electrons. The van der Waals surface area contributed by atoms with Crippen LogP contribution in [0.15, 0.2) is 24.4 Å². The molecule has 1 aromatic heterocycles.